The molecule has 0 atom stereocenters. The van der Waals surface area contributed by atoms with Crippen LogP contribution in [0.2, 0.25) is 0 Å². The number of halogens is 1. The highest BCUT2D eigenvalue weighted by atomic mass is 127. The van der Waals surface area contributed by atoms with Gasteiger partial charge in [0.25, 0.3) is 0 Å². The Morgan fingerprint density at radius 1 is 1.53 bits per heavy atom. The summed E-state index contributed by atoms with van der Waals surface area (Å²) in [5.41, 5.74) is 2.06. The number of urea groups is 1. The summed E-state index contributed by atoms with van der Waals surface area (Å²) in [4.78, 5) is 13.2. The van der Waals surface area contributed by atoms with Crippen molar-refractivity contribution in [3.8, 4) is 0 Å². The van der Waals surface area contributed by atoms with E-state index >= 15 is 0 Å². The molecule has 0 fully saturated rings. The van der Waals surface area contributed by atoms with E-state index in [9.17, 15) is 4.79 Å². The van der Waals surface area contributed by atoms with E-state index < -0.39 is 0 Å². The highest BCUT2D eigenvalue weighted by Crippen LogP contribution is 2.17. The molecule has 0 aliphatic heterocycles. The van der Waals surface area contributed by atoms with E-state index in [0.29, 0.717) is 6.54 Å². The molecule has 1 aromatic rings. The van der Waals surface area contributed by atoms with E-state index in [-0.39, 0.29) is 6.03 Å². The maximum atomic E-state index is 11.6. The van der Waals surface area contributed by atoms with Gasteiger partial charge in [-0.3, -0.25) is 0 Å². The molecule has 0 aliphatic rings. The first-order valence-electron chi connectivity index (χ1n) is 4.83. The second-order valence-electron chi connectivity index (χ2n) is 3.41. The molecule has 1 rings (SSSR count). The van der Waals surface area contributed by atoms with E-state index in [2.05, 4.69) is 27.9 Å². The summed E-state index contributed by atoms with van der Waals surface area (Å²) < 4.78 is 1.16. The van der Waals surface area contributed by atoms with Crippen molar-refractivity contribution in [2.75, 3.05) is 18.9 Å². The number of nitrogens with one attached hydrogen (secondary N) is 1. The van der Waals surface area contributed by atoms with Crippen molar-refractivity contribution in [2.45, 2.75) is 13.8 Å². The molecule has 0 saturated heterocycles. The zero-order valence-corrected chi connectivity index (χ0v) is 11.3. The molecule has 0 aromatic heterocycles. The number of carbonyl (C=O) groups excluding carboxylic acids is 1. The molecule has 0 saturated carbocycles. The molecule has 0 aliphatic carbocycles. The van der Waals surface area contributed by atoms with Crippen molar-refractivity contribution < 1.29 is 4.79 Å². The first-order valence-corrected chi connectivity index (χ1v) is 5.90. The average Bonchev–Trinajstić information content (AvgIpc) is 2.22. The third-order valence-corrected chi connectivity index (χ3v) is 3.41. The van der Waals surface area contributed by atoms with Crippen LogP contribution >= 0.6 is 22.6 Å². The average molecular weight is 318 g/mol. The number of hydrogen-bond acceptors (Lipinski definition) is 1. The van der Waals surface area contributed by atoms with Crippen molar-refractivity contribution in [3.05, 3.63) is 27.3 Å². The van der Waals surface area contributed by atoms with E-state index in [0.717, 1.165) is 9.26 Å². The molecule has 0 unspecified atom stereocenters. The highest BCUT2D eigenvalue weighted by molar-refractivity contribution is 14.1. The van der Waals surface area contributed by atoms with Crippen LogP contribution in [0.1, 0.15) is 12.5 Å². The van der Waals surface area contributed by atoms with E-state index in [1.165, 1.54) is 5.56 Å². The molecular weight excluding hydrogens is 303 g/mol. The largest absolute Gasteiger partial charge is 0.328 e. The van der Waals surface area contributed by atoms with Gasteiger partial charge < -0.3 is 10.2 Å². The smallest absolute Gasteiger partial charge is 0.321 e. The number of rotatable bonds is 2. The van der Waals surface area contributed by atoms with Crippen LogP contribution in [0.3, 0.4) is 0 Å². The second kappa shape index (κ2) is 5.34. The van der Waals surface area contributed by atoms with Crippen LogP contribution < -0.4 is 5.32 Å². The van der Waals surface area contributed by atoms with Crippen LogP contribution in [0.25, 0.3) is 0 Å². The Balaban J connectivity index is 2.73. The lowest BCUT2D eigenvalue weighted by molar-refractivity contribution is 0.224. The summed E-state index contributed by atoms with van der Waals surface area (Å²) >= 11 is 2.26. The molecule has 0 radical (unpaired) electrons. The highest BCUT2D eigenvalue weighted by Gasteiger charge is 2.06. The van der Waals surface area contributed by atoms with Crippen molar-refractivity contribution in [1.29, 1.82) is 0 Å². The normalized spacial score (nSPS) is 9.87. The first-order chi connectivity index (χ1) is 7.04. The molecule has 82 valence electrons. The monoisotopic (exact) mass is 318 g/mol. The minimum atomic E-state index is -0.0721. The van der Waals surface area contributed by atoms with Crippen LogP contribution in [0.4, 0.5) is 10.5 Å². The fourth-order valence-corrected chi connectivity index (χ4v) is 1.55. The minimum Gasteiger partial charge on any atom is -0.328 e. The molecule has 2 amide bonds. The lowest BCUT2D eigenvalue weighted by Gasteiger charge is -2.15. The molecule has 4 heteroatoms. The maximum Gasteiger partial charge on any atom is 0.321 e. The standard InChI is InChI=1S/C11H15IN2O/c1-4-14(3)11(15)13-9-6-5-8(2)10(12)7-9/h5-7H,4H2,1-3H3,(H,13,15). The van der Waals surface area contributed by atoms with Gasteiger partial charge in [0, 0.05) is 22.8 Å². The topological polar surface area (TPSA) is 32.3 Å². The van der Waals surface area contributed by atoms with Gasteiger partial charge in [-0.2, -0.15) is 0 Å². The summed E-state index contributed by atoms with van der Waals surface area (Å²) in [7, 11) is 1.77. The number of carbonyl (C=O) groups is 1. The fraction of sp³-hybridized carbons (Fsp3) is 0.364. The Bertz CT molecular complexity index is 366. The summed E-state index contributed by atoms with van der Waals surface area (Å²) in [5.74, 6) is 0. The molecule has 0 heterocycles. The van der Waals surface area contributed by atoms with Gasteiger partial charge in [-0.1, -0.05) is 6.07 Å². The van der Waals surface area contributed by atoms with Gasteiger partial charge in [-0.05, 0) is 54.1 Å². The molecule has 0 spiro atoms. The van der Waals surface area contributed by atoms with Crippen molar-refractivity contribution >= 4 is 34.3 Å². The quantitative estimate of drug-likeness (QED) is 0.835. The number of nitrogens with zero attached hydrogens (tertiary/aromatic N) is 1. The Hall–Kier alpha value is -0.780. The Labute approximate surface area is 104 Å². The van der Waals surface area contributed by atoms with Gasteiger partial charge in [0.2, 0.25) is 0 Å². The number of hydrogen-bond donors (Lipinski definition) is 1. The molecule has 1 aromatic carbocycles. The Kier molecular flexibility index (Phi) is 4.38. The molecule has 0 bridgehead atoms. The first kappa shape index (κ1) is 12.3. The van der Waals surface area contributed by atoms with Gasteiger partial charge in [0.15, 0.2) is 0 Å². The van der Waals surface area contributed by atoms with Crippen LogP contribution in [-0.2, 0) is 0 Å². The van der Waals surface area contributed by atoms with Gasteiger partial charge in [-0.25, -0.2) is 4.79 Å². The molecular formula is C11H15IN2O. The fourth-order valence-electron chi connectivity index (χ4n) is 1.03. The van der Waals surface area contributed by atoms with Crippen molar-refractivity contribution in [1.82, 2.24) is 4.90 Å². The summed E-state index contributed by atoms with van der Waals surface area (Å²) in [5, 5.41) is 2.84. The predicted molar refractivity (Wildman–Crippen MR) is 71.2 cm³/mol. The van der Waals surface area contributed by atoms with Gasteiger partial charge in [-0.15, -0.1) is 0 Å². The van der Waals surface area contributed by atoms with E-state index in [1.54, 1.807) is 11.9 Å². The third kappa shape index (κ3) is 3.37. The zero-order valence-electron chi connectivity index (χ0n) is 9.17. The van der Waals surface area contributed by atoms with Gasteiger partial charge in [0.1, 0.15) is 0 Å². The van der Waals surface area contributed by atoms with Crippen LogP contribution in [0, 0.1) is 10.5 Å². The number of benzene rings is 1. The summed E-state index contributed by atoms with van der Waals surface area (Å²) in [6.07, 6.45) is 0. The minimum absolute atomic E-state index is 0.0721. The van der Waals surface area contributed by atoms with Crippen LogP contribution in [0.5, 0.6) is 0 Å². The summed E-state index contributed by atoms with van der Waals surface area (Å²) in [6, 6.07) is 5.82. The van der Waals surface area contributed by atoms with E-state index in [4.69, 9.17) is 0 Å². The van der Waals surface area contributed by atoms with Gasteiger partial charge in [0.05, 0.1) is 0 Å². The zero-order chi connectivity index (χ0) is 11.4. The second-order valence-corrected chi connectivity index (χ2v) is 4.57. The number of aryl methyl sites for hydroxylation is 1. The molecule has 3 nitrogen and oxygen atoms in total. The van der Waals surface area contributed by atoms with E-state index in [1.807, 2.05) is 32.0 Å². The summed E-state index contributed by atoms with van der Waals surface area (Å²) in [6.45, 7) is 4.69. The third-order valence-electron chi connectivity index (χ3n) is 2.24. The van der Waals surface area contributed by atoms with Crippen LogP contribution in [0.15, 0.2) is 18.2 Å². The van der Waals surface area contributed by atoms with Gasteiger partial charge >= 0.3 is 6.03 Å². The molecule has 1 N–H and O–H groups in total. The lowest BCUT2D eigenvalue weighted by Crippen LogP contribution is -2.30. The Morgan fingerprint density at radius 3 is 2.73 bits per heavy atom. The maximum absolute atomic E-state index is 11.6. The Morgan fingerprint density at radius 2 is 2.20 bits per heavy atom. The predicted octanol–water partition coefficient (Wildman–Crippen LogP) is 3.08. The van der Waals surface area contributed by atoms with Crippen LogP contribution in [-0.4, -0.2) is 24.5 Å². The molecule has 15 heavy (non-hydrogen) atoms. The SMILES string of the molecule is CCN(C)C(=O)Nc1ccc(C)c(I)c1. The lowest BCUT2D eigenvalue weighted by atomic mass is 10.2. The number of anilines is 1. The van der Waals surface area contributed by atoms with Crippen molar-refractivity contribution in [2.24, 2.45) is 0 Å². The van der Waals surface area contributed by atoms with Crippen molar-refractivity contribution in [3.63, 3.8) is 0 Å². The number of amides is 2.